The van der Waals surface area contributed by atoms with Gasteiger partial charge in [-0.15, -0.1) is 0 Å². The van der Waals surface area contributed by atoms with Gasteiger partial charge >= 0.3 is 5.97 Å². The van der Waals surface area contributed by atoms with E-state index >= 15 is 0 Å². The molecule has 7 heteroatoms. The van der Waals surface area contributed by atoms with Crippen molar-refractivity contribution in [2.75, 3.05) is 6.61 Å². The lowest BCUT2D eigenvalue weighted by Crippen LogP contribution is -2.14. The van der Waals surface area contributed by atoms with E-state index < -0.39 is 12.0 Å². The molecule has 34 heavy (non-hydrogen) atoms. The Morgan fingerprint density at radius 3 is 2.56 bits per heavy atom. The van der Waals surface area contributed by atoms with Crippen molar-refractivity contribution < 1.29 is 19.7 Å². The monoisotopic (exact) mass is 459 g/mol. The third kappa shape index (κ3) is 4.95. The number of nitrogens with zero attached hydrogens (tertiary/aromatic N) is 2. The number of para-hydroxylation sites is 1. The standard InChI is InChI=1S/C27H29N3O4/c1-17(2)30-25-11-10-19(18-7-5-8-20(12-18)23(28)15-31)13-22(25)24(29-30)16-34-26-9-4-3-6-21(26)14-27(32)33/h3-13,17,23,31H,14-16,28H2,1-2H3,(H,32,33). The number of carboxylic acids is 1. The van der Waals surface area contributed by atoms with Crippen LogP contribution in [0.4, 0.5) is 0 Å². The average Bonchev–Trinajstić information content (AvgIpc) is 3.21. The van der Waals surface area contributed by atoms with E-state index in [2.05, 4.69) is 32.0 Å². The molecule has 1 aromatic heterocycles. The summed E-state index contributed by atoms with van der Waals surface area (Å²) in [5, 5.41) is 24.4. The third-order valence-corrected chi connectivity index (χ3v) is 5.80. The van der Waals surface area contributed by atoms with Gasteiger partial charge in [-0.05, 0) is 54.8 Å². The molecular weight excluding hydrogens is 430 g/mol. The molecule has 1 heterocycles. The van der Waals surface area contributed by atoms with Gasteiger partial charge in [-0.3, -0.25) is 9.48 Å². The van der Waals surface area contributed by atoms with Crippen molar-refractivity contribution in [2.24, 2.45) is 5.73 Å². The van der Waals surface area contributed by atoms with Crippen LogP contribution in [0.1, 0.15) is 42.8 Å². The number of hydrogen-bond donors (Lipinski definition) is 3. The number of hydrogen-bond acceptors (Lipinski definition) is 5. The highest BCUT2D eigenvalue weighted by atomic mass is 16.5. The van der Waals surface area contributed by atoms with Gasteiger partial charge in [0.1, 0.15) is 18.1 Å². The van der Waals surface area contributed by atoms with E-state index in [-0.39, 0.29) is 25.7 Å². The van der Waals surface area contributed by atoms with Crippen molar-refractivity contribution in [1.82, 2.24) is 9.78 Å². The maximum Gasteiger partial charge on any atom is 0.307 e. The summed E-state index contributed by atoms with van der Waals surface area (Å²) in [6.07, 6.45) is -0.103. The minimum absolute atomic E-state index is 0.103. The van der Waals surface area contributed by atoms with Gasteiger partial charge in [0.05, 0.1) is 24.6 Å². The Balaban J connectivity index is 1.71. The van der Waals surface area contributed by atoms with Gasteiger partial charge in [0.15, 0.2) is 0 Å². The first-order valence-corrected chi connectivity index (χ1v) is 11.3. The van der Waals surface area contributed by atoms with Crippen molar-refractivity contribution >= 4 is 16.9 Å². The van der Waals surface area contributed by atoms with Crippen LogP contribution in [0.2, 0.25) is 0 Å². The van der Waals surface area contributed by atoms with Gasteiger partial charge in [-0.1, -0.05) is 42.5 Å². The smallest absolute Gasteiger partial charge is 0.307 e. The second kappa shape index (κ2) is 10.1. The summed E-state index contributed by atoms with van der Waals surface area (Å²) >= 11 is 0. The molecular formula is C27H29N3O4. The molecule has 4 rings (SSSR count). The molecule has 0 radical (unpaired) electrons. The Hall–Kier alpha value is -3.68. The molecule has 0 bridgehead atoms. The van der Waals surface area contributed by atoms with Gasteiger partial charge in [0.2, 0.25) is 0 Å². The van der Waals surface area contributed by atoms with E-state index in [0.717, 1.165) is 33.3 Å². The van der Waals surface area contributed by atoms with Crippen molar-refractivity contribution in [3.8, 4) is 16.9 Å². The number of aromatic nitrogens is 2. The van der Waals surface area contributed by atoms with E-state index in [1.165, 1.54) is 0 Å². The topological polar surface area (TPSA) is 111 Å². The number of aliphatic hydroxyl groups is 1. The number of carboxylic acid groups (broad SMARTS) is 1. The fourth-order valence-electron chi connectivity index (χ4n) is 4.04. The Morgan fingerprint density at radius 2 is 1.82 bits per heavy atom. The lowest BCUT2D eigenvalue weighted by atomic mass is 9.98. The van der Waals surface area contributed by atoms with Gasteiger partial charge in [0, 0.05) is 17.0 Å². The summed E-state index contributed by atoms with van der Waals surface area (Å²) in [4.78, 5) is 11.2. The first-order chi connectivity index (χ1) is 16.4. The molecule has 0 saturated carbocycles. The molecule has 0 aliphatic heterocycles. The molecule has 0 fully saturated rings. The Morgan fingerprint density at radius 1 is 1.06 bits per heavy atom. The van der Waals surface area contributed by atoms with E-state index in [9.17, 15) is 15.0 Å². The van der Waals surface area contributed by atoms with Crippen molar-refractivity contribution in [2.45, 2.75) is 39.0 Å². The first-order valence-electron chi connectivity index (χ1n) is 11.3. The summed E-state index contributed by atoms with van der Waals surface area (Å²) in [6.45, 7) is 4.25. The van der Waals surface area contributed by atoms with Gasteiger partial charge in [-0.2, -0.15) is 5.10 Å². The summed E-state index contributed by atoms with van der Waals surface area (Å²) in [6, 6.07) is 21.0. The number of carbonyl (C=O) groups is 1. The highest BCUT2D eigenvalue weighted by Gasteiger charge is 2.16. The van der Waals surface area contributed by atoms with Gasteiger partial charge in [0.25, 0.3) is 0 Å². The predicted octanol–water partition coefficient (Wildman–Crippen LogP) is 4.48. The number of aliphatic carboxylic acids is 1. The number of nitrogens with two attached hydrogens (primary N) is 1. The van der Waals surface area contributed by atoms with E-state index in [1.807, 2.05) is 35.0 Å². The van der Waals surface area contributed by atoms with Crippen molar-refractivity contribution in [3.63, 3.8) is 0 Å². The zero-order valence-electron chi connectivity index (χ0n) is 19.3. The Kier molecular flexibility index (Phi) is 6.95. The van der Waals surface area contributed by atoms with Crippen molar-refractivity contribution in [1.29, 1.82) is 0 Å². The lowest BCUT2D eigenvalue weighted by molar-refractivity contribution is -0.136. The van der Waals surface area contributed by atoms with Crippen LogP contribution in [0.25, 0.3) is 22.0 Å². The highest BCUT2D eigenvalue weighted by molar-refractivity contribution is 5.87. The number of fused-ring (bicyclic) bond motifs is 1. The molecule has 4 N–H and O–H groups in total. The first kappa shape index (κ1) is 23.5. The fraction of sp³-hybridized carbons (Fsp3) is 0.259. The maximum atomic E-state index is 11.2. The van der Waals surface area contributed by atoms with Crippen LogP contribution in [0, 0.1) is 0 Å². The fourth-order valence-corrected chi connectivity index (χ4v) is 4.04. The minimum Gasteiger partial charge on any atom is -0.487 e. The number of rotatable bonds is 9. The zero-order valence-corrected chi connectivity index (χ0v) is 19.3. The minimum atomic E-state index is -0.904. The van der Waals surface area contributed by atoms with Gasteiger partial charge in [-0.25, -0.2) is 0 Å². The van der Waals surface area contributed by atoms with Crippen molar-refractivity contribution in [3.05, 3.63) is 83.6 Å². The van der Waals surface area contributed by atoms with Crippen LogP contribution in [0.15, 0.2) is 66.7 Å². The van der Waals surface area contributed by atoms with Gasteiger partial charge < -0.3 is 20.7 Å². The molecule has 3 aromatic carbocycles. The summed E-state index contributed by atoms with van der Waals surface area (Å²) in [7, 11) is 0. The van der Waals surface area contributed by atoms with Crippen LogP contribution in [-0.2, 0) is 17.8 Å². The Labute approximate surface area is 198 Å². The zero-order chi connectivity index (χ0) is 24.2. The van der Waals surface area contributed by atoms with Crippen LogP contribution >= 0.6 is 0 Å². The Bertz CT molecular complexity index is 1310. The quantitative estimate of drug-likeness (QED) is 0.340. The summed E-state index contributed by atoms with van der Waals surface area (Å²) < 4.78 is 8.02. The SMILES string of the molecule is CC(C)n1nc(COc2ccccc2CC(=O)O)c2cc(-c3cccc(C(N)CO)c3)ccc21. The second-order valence-corrected chi connectivity index (χ2v) is 8.60. The molecule has 0 aliphatic rings. The maximum absolute atomic E-state index is 11.2. The van der Waals surface area contributed by atoms with E-state index in [0.29, 0.717) is 11.3 Å². The van der Waals surface area contributed by atoms with E-state index in [4.69, 9.17) is 15.6 Å². The number of benzene rings is 3. The molecule has 0 amide bonds. The highest BCUT2D eigenvalue weighted by Crippen LogP contribution is 2.30. The summed E-state index contributed by atoms with van der Waals surface area (Å²) in [5.74, 6) is -0.364. The molecule has 1 atom stereocenters. The molecule has 1 unspecified atom stereocenters. The predicted molar refractivity (Wildman–Crippen MR) is 132 cm³/mol. The molecule has 0 saturated heterocycles. The molecule has 0 spiro atoms. The molecule has 4 aromatic rings. The van der Waals surface area contributed by atoms with E-state index in [1.54, 1.807) is 18.2 Å². The van der Waals surface area contributed by atoms with Crippen LogP contribution in [-0.4, -0.2) is 32.6 Å². The normalized spacial score (nSPS) is 12.3. The number of aliphatic hydroxyl groups excluding tert-OH is 1. The third-order valence-electron chi connectivity index (χ3n) is 5.80. The summed E-state index contributed by atoms with van der Waals surface area (Å²) in [5.41, 5.74) is 11.3. The lowest BCUT2D eigenvalue weighted by Gasteiger charge is -2.11. The largest absolute Gasteiger partial charge is 0.487 e. The number of ether oxygens (including phenoxy) is 1. The molecule has 176 valence electrons. The van der Waals surface area contributed by atoms with Crippen LogP contribution in [0.5, 0.6) is 5.75 Å². The molecule has 7 nitrogen and oxygen atoms in total. The second-order valence-electron chi connectivity index (χ2n) is 8.60. The average molecular weight is 460 g/mol. The van der Waals surface area contributed by atoms with Crippen LogP contribution in [0.3, 0.4) is 0 Å². The van der Waals surface area contributed by atoms with Crippen LogP contribution < -0.4 is 10.5 Å². The molecule has 0 aliphatic carbocycles.